The van der Waals surface area contributed by atoms with Crippen molar-refractivity contribution in [3.8, 4) is 0 Å². The molecule has 3 nitrogen and oxygen atoms in total. The van der Waals surface area contributed by atoms with Gasteiger partial charge < -0.3 is 5.32 Å². The molecule has 0 fully saturated rings. The van der Waals surface area contributed by atoms with Gasteiger partial charge >= 0.3 is 6.18 Å². The number of amides is 1. The van der Waals surface area contributed by atoms with E-state index in [1.165, 1.54) is 6.07 Å². The van der Waals surface area contributed by atoms with Crippen LogP contribution in [0.15, 0.2) is 52.1 Å². The van der Waals surface area contributed by atoms with Gasteiger partial charge in [0.2, 0.25) is 5.91 Å². The number of hydrogen-bond acceptors (Lipinski definition) is 3. The molecule has 0 spiro atoms. The van der Waals surface area contributed by atoms with E-state index in [0.717, 1.165) is 34.1 Å². The van der Waals surface area contributed by atoms with Gasteiger partial charge in [0, 0.05) is 10.7 Å². The Balaban J connectivity index is 1.87. The van der Waals surface area contributed by atoms with Crippen LogP contribution in [-0.4, -0.2) is 16.6 Å². The number of aromatic nitrogens is 1. The molecule has 0 aliphatic rings. The SMILES string of the molecule is CC(NC(=O)CSc1ccc(C(F)(F)F)cn1)c1cccc(Br)c1. The van der Waals surface area contributed by atoms with E-state index in [9.17, 15) is 18.0 Å². The predicted molar refractivity (Wildman–Crippen MR) is 90.7 cm³/mol. The highest BCUT2D eigenvalue weighted by molar-refractivity contribution is 9.10. The molecule has 0 aliphatic carbocycles. The second-order valence-corrected chi connectivity index (χ2v) is 6.93. The molecule has 0 aliphatic heterocycles. The van der Waals surface area contributed by atoms with Crippen LogP contribution in [0.3, 0.4) is 0 Å². The summed E-state index contributed by atoms with van der Waals surface area (Å²) in [7, 11) is 0. The minimum Gasteiger partial charge on any atom is -0.349 e. The fourth-order valence-electron chi connectivity index (χ4n) is 1.92. The number of halogens is 4. The number of alkyl halides is 3. The zero-order valence-electron chi connectivity index (χ0n) is 12.6. The van der Waals surface area contributed by atoms with Crippen LogP contribution < -0.4 is 5.32 Å². The minimum atomic E-state index is -4.41. The second kappa shape index (κ2) is 8.02. The highest BCUT2D eigenvalue weighted by Gasteiger charge is 2.30. The molecule has 1 amide bonds. The van der Waals surface area contributed by atoms with Crippen molar-refractivity contribution in [3.05, 3.63) is 58.2 Å². The molecule has 0 saturated heterocycles. The maximum Gasteiger partial charge on any atom is 0.417 e. The van der Waals surface area contributed by atoms with Crippen LogP contribution >= 0.6 is 27.7 Å². The van der Waals surface area contributed by atoms with Gasteiger partial charge in [-0.1, -0.05) is 39.8 Å². The average Bonchev–Trinajstić information content (AvgIpc) is 2.52. The molecular weight excluding hydrogens is 405 g/mol. The third-order valence-electron chi connectivity index (χ3n) is 3.14. The minimum absolute atomic E-state index is 0.0801. The van der Waals surface area contributed by atoms with Crippen LogP contribution in [0.2, 0.25) is 0 Å². The number of nitrogens with one attached hydrogen (secondary N) is 1. The third-order valence-corrected chi connectivity index (χ3v) is 4.58. The van der Waals surface area contributed by atoms with Crippen molar-refractivity contribution in [1.82, 2.24) is 10.3 Å². The van der Waals surface area contributed by atoms with Crippen molar-refractivity contribution in [1.29, 1.82) is 0 Å². The standard InChI is InChI=1S/C16H14BrF3N2OS/c1-10(11-3-2-4-13(17)7-11)22-14(23)9-24-15-6-5-12(8-21-15)16(18,19)20/h2-8,10H,9H2,1H3,(H,22,23). The lowest BCUT2D eigenvalue weighted by Crippen LogP contribution is -2.28. The van der Waals surface area contributed by atoms with Gasteiger partial charge in [-0.25, -0.2) is 4.98 Å². The molecule has 1 unspecified atom stereocenters. The summed E-state index contributed by atoms with van der Waals surface area (Å²) in [5.74, 6) is -0.134. The molecule has 24 heavy (non-hydrogen) atoms. The van der Waals surface area contributed by atoms with E-state index in [1.807, 2.05) is 31.2 Å². The van der Waals surface area contributed by atoms with Gasteiger partial charge in [-0.2, -0.15) is 13.2 Å². The molecule has 1 aromatic heterocycles. The van der Waals surface area contributed by atoms with Crippen LogP contribution in [0.5, 0.6) is 0 Å². The largest absolute Gasteiger partial charge is 0.417 e. The highest BCUT2D eigenvalue weighted by atomic mass is 79.9. The molecule has 2 aromatic rings. The summed E-state index contributed by atoms with van der Waals surface area (Å²) in [6.07, 6.45) is -3.64. The number of carbonyl (C=O) groups excluding carboxylic acids is 1. The molecule has 1 heterocycles. The van der Waals surface area contributed by atoms with E-state index in [1.54, 1.807) is 0 Å². The second-order valence-electron chi connectivity index (χ2n) is 5.02. The molecule has 0 bridgehead atoms. The van der Waals surface area contributed by atoms with Crippen molar-refractivity contribution in [2.75, 3.05) is 5.75 Å². The smallest absolute Gasteiger partial charge is 0.349 e. The molecule has 2 rings (SSSR count). The Hall–Kier alpha value is -1.54. The Labute approximate surface area is 150 Å². The maximum atomic E-state index is 12.5. The highest BCUT2D eigenvalue weighted by Crippen LogP contribution is 2.29. The van der Waals surface area contributed by atoms with Gasteiger partial charge in [-0.3, -0.25) is 4.79 Å². The predicted octanol–water partition coefficient (Wildman–Crippen LogP) is 4.83. The monoisotopic (exact) mass is 418 g/mol. The normalized spacial score (nSPS) is 12.7. The number of carbonyl (C=O) groups is 1. The lowest BCUT2D eigenvalue weighted by atomic mass is 10.1. The van der Waals surface area contributed by atoms with Crippen molar-refractivity contribution in [2.24, 2.45) is 0 Å². The number of pyridine rings is 1. The Bertz CT molecular complexity index is 707. The summed E-state index contributed by atoms with van der Waals surface area (Å²) in [5, 5.41) is 3.21. The summed E-state index contributed by atoms with van der Waals surface area (Å²) in [5.41, 5.74) is 0.148. The third kappa shape index (κ3) is 5.52. The number of nitrogens with zero attached hydrogens (tertiary/aromatic N) is 1. The zero-order chi connectivity index (χ0) is 17.7. The fraction of sp³-hybridized carbons (Fsp3) is 0.250. The molecule has 0 saturated carbocycles. The first kappa shape index (κ1) is 18.8. The first-order chi connectivity index (χ1) is 11.3. The summed E-state index contributed by atoms with van der Waals surface area (Å²) in [6.45, 7) is 1.86. The molecule has 0 radical (unpaired) electrons. The lowest BCUT2D eigenvalue weighted by Gasteiger charge is -2.14. The zero-order valence-corrected chi connectivity index (χ0v) is 15.0. The number of hydrogen-bond donors (Lipinski definition) is 1. The summed E-state index contributed by atoms with van der Waals surface area (Å²) in [6, 6.07) is 9.63. The van der Waals surface area contributed by atoms with E-state index in [0.29, 0.717) is 5.03 Å². The number of thioether (sulfide) groups is 1. The van der Waals surface area contributed by atoms with Crippen LogP contribution in [0.4, 0.5) is 13.2 Å². The number of benzene rings is 1. The van der Waals surface area contributed by atoms with E-state index < -0.39 is 11.7 Å². The van der Waals surface area contributed by atoms with E-state index in [2.05, 4.69) is 26.2 Å². The van der Waals surface area contributed by atoms with E-state index in [4.69, 9.17) is 0 Å². The molecular formula is C16H14BrF3N2OS. The summed E-state index contributed by atoms with van der Waals surface area (Å²) < 4.78 is 38.3. The van der Waals surface area contributed by atoms with E-state index >= 15 is 0 Å². The van der Waals surface area contributed by atoms with Crippen LogP contribution in [0, 0.1) is 0 Å². The van der Waals surface area contributed by atoms with E-state index in [-0.39, 0.29) is 17.7 Å². The number of rotatable bonds is 5. The Morgan fingerprint density at radius 1 is 1.33 bits per heavy atom. The molecule has 1 N–H and O–H groups in total. The summed E-state index contributed by atoms with van der Waals surface area (Å²) >= 11 is 4.46. The van der Waals surface area contributed by atoms with Crippen LogP contribution in [0.1, 0.15) is 24.1 Å². The van der Waals surface area contributed by atoms with Crippen molar-refractivity contribution >= 4 is 33.6 Å². The quantitative estimate of drug-likeness (QED) is 0.706. The first-order valence-corrected chi connectivity index (χ1v) is 8.74. The van der Waals surface area contributed by atoms with Crippen molar-refractivity contribution in [3.63, 3.8) is 0 Å². The first-order valence-electron chi connectivity index (χ1n) is 6.96. The van der Waals surface area contributed by atoms with Crippen molar-refractivity contribution < 1.29 is 18.0 Å². The molecule has 1 atom stereocenters. The average molecular weight is 419 g/mol. The van der Waals surface area contributed by atoms with Gasteiger partial charge in [0.05, 0.1) is 22.4 Å². The van der Waals surface area contributed by atoms with Crippen LogP contribution in [0.25, 0.3) is 0 Å². The van der Waals surface area contributed by atoms with Crippen molar-refractivity contribution in [2.45, 2.75) is 24.2 Å². The Kier molecular flexibility index (Phi) is 6.28. The summed E-state index contributed by atoms with van der Waals surface area (Å²) in [4.78, 5) is 15.7. The maximum absolute atomic E-state index is 12.5. The topological polar surface area (TPSA) is 42.0 Å². The lowest BCUT2D eigenvalue weighted by molar-refractivity contribution is -0.137. The Morgan fingerprint density at radius 3 is 2.67 bits per heavy atom. The van der Waals surface area contributed by atoms with Gasteiger partial charge in [0.15, 0.2) is 0 Å². The van der Waals surface area contributed by atoms with Gasteiger partial charge in [0.25, 0.3) is 0 Å². The molecule has 1 aromatic carbocycles. The Morgan fingerprint density at radius 2 is 2.08 bits per heavy atom. The van der Waals surface area contributed by atoms with Gasteiger partial charge in [0.1, 0.15) is 0 Å². The fourth-order valence-corrected chi connectivity index (χ4v) is 2.99. The van der Waals surface area contributed by atoms with Gasteiger partial charge in [-0.05, 0) is 36.8 Å². The van der Waals surface area contributed by atoms with Gasteiger partial charge in [-0.15, -0.1) is 0 Å². The molecule has 8 heteroatoms. The van der Waals surface area contributed by atoms with Crippen LogP contribution in [-0.2, 0) is 11.0 Å². The molecule has 128 valence electrons.